The van der Waals surface area contributed by atoms with Gasteiger partial charge in [-0.25, -0.2) is 0 Å². The Bertz CT molecular complexity index is 1300. The van der Waals surface area contributed by atoms with Gasteiger partial charge in [0.2, 0.25) is 0 Å². The van der Waals surface area contributed by atoms with Crippen LogP contribution in [0.1, 0.15) is 41.0 Å². The minimum absolute atomic E-state index is 0.0671. The highest BCUT2D eigenvalue weighted by Crippen LogP contribution is 2.34. The first-order valence-corrected chi connectivity index (χ1v) is 11.9. The van der Waals surface area contributed by atoms with E-state index in [2.05, 4.69) is 20.1 Å². The first-order valence-electron chi connectivity index (χ1n) is 11.9. The number of aromatic amines is 1. The standard InChI is InChI=1S/C28H33N5O2/c1-6-35-26-16-21(12-13-22(26)20-10-8-7-9-11-20)28(34)33(5)25(14-15-32(3)4)24-17-29-19(2)23-18-30-31-27(23)24/h7-13,16-18,25H,6,14-15H2,1-5H3,(H,30,31)/t25-/m1/s1. The Morgan fingerprint density at radius 3 is 2.57 bits per heavy atom. The molecule has 0 aliphatic rings. The average molecular weight is 472 g/mol. The summed E-state index contributed by atoms with van der Waals surface area (Å²) < 4.78 is 5.95. The summed E-state index contributed by atoms with van der Waals surface area (Å²) in [5.41, 5.74) is 5.42. The summed E-state index contributed by atoms with van der Waals surface area (Å²) in [6, 6.07) is 15.6. The fourth-order valence-corrected chi connectivity index (χ4v) is 4.40. The number of hydrogen-bond donors (Lipinski definition) is 1. The van der Waals surface area contributed by atoms with Crippen molar-refractivity contribution in [2.75, 3.05) is 34.3 Å². The number of ether oxygens (including phenoxy) is 1. The number of carbonyl (C=O) groups excluding carboxylic acids is 1. The second-order valence-corrected chi connectivity index (χ2v) is 8.99. The number of rotatable bonds is 9. The smallest absolute Gasteiger partial charge is 0.254 e. The highest BCUT2D eigenvalue weighted by atomic mass is 16.5. The summed E-state index contributed by atoms with van der Waals surface area (Å²) in [5, 5.41) is 8.33. The van der Waals surface area contributed by atoms with E-state index in [0.717, 1.165) is 46.3 Å². The summed E-state index contributed by atoms with van der Waals surface area (Å²) in [4.78, 5) is 22.3. The van der Waals surface area contributed by atoms with E-state index in [4.69, 9.17) is 4.74 Å². The third-order valence-electron chi connectivity index (χ3n) is 6.32. The van der Waals surface area contributed by atoms with E-state index in [1.54, 1.807) is 6.20 Å². The molecule has 4 rings (SSSR count). The number of carbonyl (C=O) groups is 1. The molecule has 2 aromatic carbocycles. The Hall–Kier alpha value is -3.71. The van der Waals surface area contributed by atoms with Gasteiger partial charge in [-0.15, -0.1) is 0 Å². The van der Waals surface area contributed by atoms with Crippen LogP contribution in [0.15, 0.2) is 60.9 Å². The van der Waals surface area contributed by atoms with Crippen LogP contribution in [0.5, 0.6) is 5.75 Å². The van der Waals surface area contributed by atoms with E-state index in [1.807, 2.05) is 94.6 Å². The number of nitrogens with one attached hydrogen (secondary N) is 1. The van der Waals surface area contributed by atoms with Crippen molar-refractivity contribution in [1.82, 2.24) is 25.0 Å². The van der Waals surface area contributed by atoms with Crippen LogP contribution in [0.2, 0.25) is 0 Å². The maximum atomic E-state index is 13.8. The number of aryl methyl sites for hydroxylation is 1. The summed E-state index contributed by atoms with van der Waals surface area (Å²) in [6.07, 6.45) is 4.42. The quantitative estimate of drug-likeness (QED) is 0.368. The van der Waals surface area contributed by atoms with Gasteiger partial charge in [-0.1, -0.05) is 30.3 Å². The minimum atomic E-state index is -0.176. The molecule has 1 N–H and O–H groups in total. The van der Waals surface area contributed by atoms with Crippen LogP contribution in [-0.4, -0.2) is 65.2 Å². The van der Waals surface area contributed by atoms with Gasteiger partial charge in [-0.2, -0.15) is 5.10 Å². The number of hydrogen-bond acceptors (Lipinski definition) is 5. The topological polar surface area (TPSA) is 74.3 Å². The van der Waals surface area contributed by atoms with Crippen molar-refractivity contribution in [3.8, 4) is 16.9 Å². The molecule has 0 radical (unpaired) electrons. The number of nitrogens with zero attached hydrogens (tertiary/aromatic N) is 4. The van der Waals surface area contributed by atoms with Crippen LogP contribution in [0.3, 0.4) is 0 Å². The molecular weight excluding hydrogens is 438 g/mol. The van der Waals surface area contributed by atoms with E-state index in [0.29, 0.717) is 17.9 Å². The van der Waals surface area contributed by atoms with Gasteiger partial charge in [-0.3, -0.25) is 14.9 Å². The molecular formula is C28H33N5O2. The third-order valence-corrected chi connectivity index (χ3v) is 6.32. The van der Waals surface area contributed by atoms with E-state index in [-0.39, 0.29) is 11.9 Å². The number of amides is 1. The van der Waals surface area contributed by atoms with Gasteiger partial charge in [0, 0.05) is 41.0 Å². The van der Waals surface area contributed by atoms with Crippen LogP contribution in [-0.2, 0) is 0 Å². The van der Waals surface area contributed by atoms with E-state index in [9.17, 15) is 4.79 Å². The number of fused-ring (bicyclic) bond motifs is 1. The van der Waals surface area contributed by atoms with Gasteiger partial charge in [-0.05, 0) is 64.7 Å². The highest BCUT2D eigenvalue weighted by Gasteiger charge is 2.26. The summed E-state index contributed by atoms with van der Waals surface area (Å²) >= 11 is 0. The fraction of sp³-hybridized carbons (Fsp3) is 0.321. The lowest BCUT2D eigenvalue weighted by Crippen LogP contribution is -2.33. The van der Waals surface area contributed by atoms with E-state index >= 15 is 0 Å². The molecule has 2 heterocycles. The first kappa shape index (κ1) is 24.4. The second-order valence-electron chi connectivity index (χ2n) is 8.99. The van der Waals surface area contributed by atoms with Gasteiger partial charge in [0.15, 0.2) is 0 Å². The van der Waals surface area contributed by atoms with Crippen molar-refractivity contribution in [2.45, 2.75) is 26.3 Å². The Labute approximate surface area is 206 Å². The van der Waals surface area contributed by atoms with Crippen molar-refractivity contribution >= 4 is 16.8 Å². The first-order chi connectivity index (χ1) is 16.9. The molecule has 2 aromatic heterocycles. The molecule has 0 aliphatic heterocycles. The molecule has 7 heteroatoms. The zero-order valence-corrected chi connectivity index (χ0v) is 21.1. The molecule has 182 valence electrons. The lowest BCUT2D eigenvalue weighted by molar-refractivity contribution is 0.0716. The van der Waals surface area contributed by atoms with Crippen LogP contribution in [0.4, 0.5) is 0 Å². The molecule has 7 nitrogen and oxygen atoms in total. The molecule has 0 aliphatic carbocycles. The molecule has 0 unspecified atom stereocenters. The van der Waals surface area contributed by atoms with Crippen LogP contribution >= 0.6 is 0 Å². The molecule has 0 bridgehead atoms. The number of H-pyrrole nitrogens is 1. The van der Waals surface area contributed by atoms with Crippen molar-refractivity contribution in [3.63, 3.8) is 0 Å². The zero-order chi connectivity index (χ0) is 24.9. The SMILES string of the molecule is CCOc1cc(C(=O)N(C)[C@H](CCN(C)C)c2cnc(C)c3cn[nH]c23)ccc1-c1ccccc1. The van der Waals surface area contributed by atoms with Crippen LogP contribution in [0.25, 0.3) is 22.0 Å². The Morgan fingerprint density at radius 1 is 1.09 bits per heavy atom. The van der Waals surface area contributed by atoms with E-state index < -0.39 is 0 Å². The second kappa shape index (κ2) is 10.7. The lowest BCUT2D eigenvalue weighted by atomic mass is 9.99. The van der Waals surface area contributed by atoms with Gasteiger partial charge in [0.1, 0.15) is 5.75 Å². The van der Waals surface area contributed by atoms with Gasteiger partial charge in [0.05, 0.1) is 24.4 Å². The van der Waals surface area contributed by atoms with Gasteiger partial charge >= 0.3 is 0 Å². The fourth-order valence-electron chi connectivity index (χ4n) is 4.40. The normalized spacial score (nSPS) is 12.2. The Kier molecular flexibility index (Phi) is 7.46. The third kappa shape index (κ3) is 5.20. The van der Waals surface area contributed by atoms with Crippen LogP contribution < -0.4 is 4.74 Å². The zero-order valence-electron chi connectivity index (χ0n) is 21.1. The van der Waals surface area contributed by atoms with Crippen molar-refractivity contribution in [3.05, 3.63) is 77.7 Å². The molecule has 4 aromatic rings. The molecule has 0 spiro atoms. The van der Waals surface area contributed by atoms with Crippen molar-refractivity contribution in [1.29, 1.82) is 0 Å². The predicted molar refractivity (Wildman–Crippen MR) is 140 cm³/mol. The maximum Gasteiger partial charge on any atom is 0.254 e. The summed E-state index contributed by atoms with van der Waals surface area (Å²) in [7, 11) is 5.93. The maximum absolute atomic E-state index is 13.8. The molecule has 1 amide bonds. The number of pyridine rings is 1. The Balaban J connectivity index is 1.71. The summed E-state index contributed by atoms with van der Waals surface area (Å²) in [6.45, 7) is 5.26. The molecule has 0 saturated carbocycles. The van der Waals surface area contributed by atoms with Crippen molar-refractivity contribution in [2.24, 2.45) is 0 Å². The molecule has 1 atom stereocenters. The van der Waals surface area contributed by atoms with Crippen LogP contribution in [0, 0.1) is 6.92 Å². The minimum Gasteiger partial charge on any atom is -0.493 e. The number of aromatic nitrogens is 3. The molecule has 0 fully saturated rings. The molecule has 35 heavy (non-hydrogen) atoms. The van der Waals surface area contributed by atoms with E-state index in [1.165, 1.54) is 0 Å². The van der Waals surface area contributed by atoms with Crippen molar-refractivity contribution < 1.29 is 9.53 Å². The largest absolute Gasteiger partial charge is 0.493 e. The highest BCUT2D eigenvalue weighted by molar-refractivity contribution is 5.96. The van der Waals surface area contributed by atoms with Gasteiger partial charge in [0.25, 0.3) is 5.91 Å². The Morgan fingerprint density at radius 2 is 1.86 bits per heavy atom. The number of benzene rings is 2. The molecule has 0 saturated heterocycles. The summed E-state index contributed by atoms with van der Waals surface area (Å²) in [5.74, 6) is 0.637. The monoisotopic (exact) mass is 471 g/mol. The average Bonchev–Trinajstić information content (AvgIpc) is 3.36. The lowest BCUT2D eigenvalue weighted by Gasteiger charge is -2.30. The predicted octanol–water partition coefficient (Wildman–Crippen LogP) is 5.10. The van der Waals surface area contributed by atoms with Gasteiger partial charge < -0.3 is 14.5 Å².